The Labute approximate surface area is 235 Å². The van der Waals surface area contributed by atoms with Crippen LogP contribution in [0.3, 0.4) is 0 Å². The highest BCUT2D eigenvalue weighted by Gasteiger charge is 2.24. The highest BCUT2D eigenvalue weighted by atomic mass is 35.5. The van der Waals surface area contributed by atoms with Gasteiger partial charge >= 0.3 is 0 Å². The predicted octanol–water partition coefficient (Wildman–Crippen LogP) is 5.36. The molecule has 0 radical (unpaired) electrons. The largest absolute Gasteiger partial charge is 0.308 e. The Bertz CT molecular complexity index is 1500. The van der Waals surface area contributed by atoms with Crippen molar-refractivity contribution in [2.24, 2.45) is 0 Å². The lowest BCUT2D eigenvalue weighted by atomic mass is 10.1. The first-order valence-corrected chi connectivity index (χ1v) is 14.3. The van der Waals surface area contributed by atoms with E-state index in [-0.39, 0.29) is 29.8 Å². The zero-order valence-electron chi connectivity index (χ0n) is 22.2. The second kappa shape index (κ2) is 12.4. The van der Waals surface area contributed by atoms with Crippen LogP contribution in [0, 0.1) is 13.8 Å². The molecule has 0 aliphatic rings. The number of hydrogen-bond donors (Lipinski definition) is 0. The molecular weight excluding hydrogens is 540 g/mol. The van der Waals surface area contributed by atoms with Gasteiger partial charge in [-0.3, -0.25) is 9.69 Å². The van der Waals surface area contributed by atoms with E-state index in [9.17, 15) is 13.2 Å². The molecule has 0 bridgehead atoms. The van der Waals surface area contributed by atoms with Crippen LogP contribution in [0.2, 0.25) is 0 Å². The Kier molecular flexibility index (Phi) is 9.67. The van der Waals surface area contributed by atoms with Gasteiger partial charge in [0.1, 0.15) is 0 Å². The summed E-state index contributed by atoms with van der Waals surface area (Å²) in [7, 11) is 1.77. The topological polar surface area (TPSA) is 73.8 Å². The number of thiazole rings is 1. The van der Waals surface area contributed by atoms with Gasteiger partial charge in [0.15, 0.2) is 5.13 Å². The molecule has 0 saturated heterocycles. The lowest BCUT2D eigenvalue weighted by Crippen LogP contribution is -2.36. The van der Waals surface area contributed by atoms with E-state index in [1.165, 1.54) is 27.8 Å². The van der Waals surface area contributed by atoms with Gasteiger partial charge in [-0.25, -0.2) is 13.4 Å². The van der Waals surface area contributed by atoms with Crippen molar-refractivity contribution < 1.29 is 13.2 Å². The fraction of sp³-hybridized carbons (Fsp3) is 0.286. The number of likely N-dealkylation sites (N-methyl/N-ethyl adjacent to an activating group) is 1. The standard InChI is InChI=1S/C28H32N4O3S2.ClH/c1-20-17-21(2)26-25(18-20)36-28(29-26)32(16-15-30(3)4)27(33)23-11-13-24(14-12-23)37(34,35)31(5)19-22-9-7-6-8-10-22;/h6-14,17-18H,15-16,19H2,1-5H3;1H. The van der Waals surface area contributed by atoms with Crippen LogP contribution >= 0.6 is 23.7 Å². The fourth-order valence-electron chi connectivity index (χ4n) is 4.09. The Balaban J connectivity index is 0.00000400. The number of benzene rings is 3. The highest BCUT2D eigenvalue weighted by Crippen LogP contribution is 2.32. The highest BCUT2D eigenvalue weighted by molar-refractivity contribution is 7.89. The van der Waals surface area contributed by atoms with E-state index in [4.69, 9.17) is 4.98 Å². The monoisotopic (exact) mass is 572 g/mol. The average molecular weight is 573 g/mol. The zero-order valence-corrected chi connectivity index (χ0v) is 24.7. The number of sulfonamides is 1. The molecule has 0 saturated carbocycles. The summed E-state index contributed by atoms with van der Waals surface area (Å²) < 4.78 is 28.6. The van der Waals surface area contributed by atoms with Gasteiger partial charge in [-0.15, -0.1) is 12.4 Å². The molecule has 0 aliphatic heterocycles. The summed E-state index contributed by atoms with van der Waals surface area (Å²) in [6.07, 6.45) is 0. The molecule has 1 amide bonds. The van der Waals surface area contributed by atoms with Crippen molar-refractivity contribution in [1.29, 1.82) is 0 Å². The summed E-state index contributed by atoms with van der Waals surface area (Å²) >= 11 is 1.49. The second-order valence-corrected chi connectivity index (χ2v) is 12.5. The normalized spacial score (nSPS) is 11.7. The number of rotatable bonds is 9. The number of halogens is 1. The van der Waals surface area contributed by atoms with Crippen molar-refractivity contribution in [1.82, 2.24) is 14.2 Å². The van der Waals surface area contributed by atoms with Gasteiger partial charge in [0.25, 0.3) is 5.91 Å². The fourth-order valence-corrected chi connectivity index (χ4v) is 6.41. The number of carbonyl (C=O) groups excluding carboxylic acids is 1. The molecule has 4 rings (SSSR count). The van der Waals surface area contributed by atoms with Crippen LogP contribution in [0.15, 0.2) is 71.6 Å². The third-order valence-electron chi connectivity index (χ3n) is 6.12. The molecule has 7 nitrogen and oxygen atoms in total. The molecular formula is C28H33ClN4O3S2. The Morgan fingerprint density at radius 3 is 2.21 bits per heavy atom. The van der Waals surface area contributed by atoms with Crippen molar-refractivity contribution in [3.8, 4) is 0 Å². The van der Waals surface area contributed by atoms with Crippen LogP contribution < -0.4 is 4.90 Å². The zero-order chi connectivity index (χ0) is 26.7. The summed E-state index contributed by atoms with van der Waals surface area (Å²) in [5, 5.41) is 0.634. The SMILES string of the molecule is Cc1cc(C)c2nc(N(CCN(C)C)C(=O)c3ccc(S(=O)(=O)N(C)Cc4ccccc4)cc3)sc2c1.Cl. The van der Waals surface area contributed by atoms with Crippen molar-refractivity contribution in [2.45, 2.75) is 25.3 Å². The summed E-state index contributed by atoms with van der Waals surface area (Å²) in [5.74, 6) is -0.211. The lowest BCUT2D eigenvalue weighted by molar-refractivity contribution is 0.0985. The molecule has 4 aromatic rings. The molecule has 10 heteroatoms. The molecule has 0 unspecified atom stereocenters. The smallest absolute Gasteiger partial charge is 0.260 e. The second-order valence-electron chi connectivity index (χ2n) is 9.46. The first-order chi connectivity index (χ1) is 17.6. The van der Waals surface area contributed by atoms with E-state index in [0.717, 1.165) is 26.9 Å². The van der Waals surface area contributed by atoms with E-state index in [2.05, 4.69) is 12.1 Å². The Morgan fingerprint density at radius 2 is 1.58 bits per heavy atom. The van der Waals surface area contributed by atoms with Gasteiger partial charge in [0.05, 0.1) is 15.1 Å². The molecule has 0 fully saturated rings. The first kappa shape index (κ1) is 29.7. The number of aryl methyl sites for hydroxylation is 2. The minimum atomic E-state index is -3.71. The third kappa shape index (κ3) is 6.59. The van der Waals surface area contributed by atoms with Crippen LogP contribution in [0.25, 0.3) is 10.2 Å². The van der Waals surface area contributed by atoms with Gasteiger partial charge in [-0.1, -0.05) is 47.7 Å². The van der Waals surface area contributed by atoms with Gasteiger partial charge in [-0.2, -0.15) is 4.31 Å². The van der Waals surface area contributed by atoms with E-state index in [0.29, 0.717) is 23.8 Å². The first-order valence-electron chi connectivity index (χ1n) is 12.0. The maximum Gasteiger partial charge on any atom is 0.260 e. The molecule has 1 aromatic heterocycles. The molecule has 3 aromatic carbocycles. The lowest BCUT2D eigenvalue weighted by Gasteiger charge is -2.22. The number of anilines is 1. The Hall–Kier alpha value is -2.82. The minimum Gasteiger partial charge on any atom is -0.308 e. The van der Waals surface area contributed by atoms with E-state index in [1.54, 1.807) is 24.1 Å². The maximum absolute atomic E-state index is 13.6. The van der Waals surface area contributed by atoms with Gasteiger partial charge in [-0.05, 0) is 75.0 Å². The molecule has 0 aliphatic carbocycles. The molecule has 0 spiro atoms. The number of aromatic nitrogens is 1. The van der Waals surface area contributed by atoms with E-state index in [1.807, 2.05) is 63.2 Å². The van der Waals surface area contributed by atoms with Crippen molar-refractivity contribution in [3.05, 3.63) is 89.0 Å². The Morgan fingerprint density at radius 1 is 0.921 bits per heavy atom. The van der Waals surface area contributed by atoms with Crippen molar-refractivity contribution >= 4 is 55.0 Å². The van der Waals surface area contributed by atoms with E-state index >= 15 is 0 Å². The predicted molar refractivity (Wildman–Crippen MR) is 158 cm³/mol. The van der Waals surface area contributed by atoms with Crippen LogP contribution in [-0.4, -0.2) is 62.7 Å². The number of carbonyl (C=O) groups is 1. The summed E-state index contributed by atoms with van der Waals surface area (Å²) in [6, 6.07) is 19.8. The average Bonchev–Trinajstić information content (AvgIpc) is 3.28. The number of amides is 1. The quantitative estimate of drug-likeness (QED) is 0.270. The maximum atomic E-state index is 13.6. The van der Waals surface area contributed by atoms with Crippen LogP contribution in [-0.2, 0) is 16.6 Å². The summed E-state index contributed by atoms with van der Waals surface area (Å²) in [4.78, 5) is 22.3. The van der Waals surface area contributed by atoms with Gasteiger partial charge < -0.3 is 4.90 Å². The molecule has 0 N–H and O–H groups in total. The summed E-state index contributed by atoms with van der Waals surface area (Å²) in [6.45, 7) is 5.46. The molecule has 202 valence electrons. The third-order valence-corrected chi connectivity index (χ3v) is 8.97. The van der Waals surface area contributed by atoms with Crippen LogP contribution in [0.5, 0.6) is 0 Å². The minimum absolute atomic E-state index is 0. The van der Waals surface area contributed by atoms with Gasteiger partial charge in [0, 0.05) is 32.2 Å². The molecule has 1 heterocycles. The summed E-state index contributed by atoms with van der Waals surface area (Å²) in [5.41, 5.74) is 4.44. The molecule has 38 heavy (non-hydrogen) atoms. The van der Waals surface area contributed by atoms with E-state index < -0.39 is 10.0 Å². The van der Waals surface area contributed by atoms with Crippen LogP contribution in [0.1, 0.15) is 27.0 Å². The number of nitrogens with zero attached hydrogens (tertiary/aromatic N) is 4. The van der Waals surface area contributed by atoms with Crippen LogP contribution in [0.4, 0.5) is 5.13 Å². The molecule has 0 atom stereocenters. The number of fused-ring (bicyclic) bond motifs is 1. The van der Waals surface area contributed by atoms with Crippen molar-refractivity contribution in [2.75, 3.05) is 39.1 Å². The van der Waals surface area contributed by atoms with Gasteiger partial charge in [0.2, 0.25) is 10.0 Å². The van der Waals surface area contributed by atoms with Crippen molar-refractivity contribution in [3.63, 3.8) is 0 Å². The number of hydrogen-bond acceptors (Lipinski definition) is 6.